The first kappa shape index (κ1) is 20.0. The predicted octanol–water partition coefficient (Wildman–Crippen LogP) is 3.44. The number of carbonyl (C=O) groups is 1. The van der Waals surface area contributed by atoms with Gasteiger partial charge in [-0.3, -0.25) is 4.79 Å². The average Bonchev–Trinajstić information content (AvgIpc) is 2.70. The second kappa shape index (κ2) is 9.48. The minimum absolute atomic E-state index is 0.0212. The van der Waals surface area contributed by atoms with E-state index in [0.717, 1.165) is 38.2 Å². The number of aromatic nitrogens is 2. The van der Waals surface area contributed by atoms with Crippen LogP contribution in [0.2, 0.25) is 0 Å². The lowest BCUT2D eigenvalue weighted by molar-refractivity contribution is 0.0946. The van der Waals surface area contributed by atoms with Crippen molar-refractivity contribution in [2.45, 2.75) is 39.2 Å². The Kier molecular flexibility index (Phi) is 6.79. The van der Waals surface area contributed by atoms with Crippen LogP contribution in [0.5, 0.6) is 5.75 Å². The minimum atomic E-state index is -0.335. The molecule has 1 amide bonds. The molecule has 28 heavy (non-hydrogen) atoms. The summed E-state index contributed by atoms with van der Waals surface area (Å²) in [4.78, 5) is 14.2. The summed E-state index contributed by atoms with van der Waals surface area (Å²) in [5.74, 6) is 1.05. The lowest BCUT2D eigenvalue weighted by Crippen LogP contribution is -2.39. The molecule has 0 spiro atoms. The van der Waals surface area contributed by atoms with Gasteiger partial charge in [-0.15, -0.1) is 10.2 Å². The largest absolute Gasteiger partial charge is 0.487 e. The highest BCUT2D eigenvalue weighted by Crippen LogP contribution is 2.23. The Morgan fingerprint density at radius 3 is 2.61 bits per heavy atom. The molecule has 0 radical (unpaired) electrons. The minimum Gasteiger partial charge on any atom is -0.487 e. The number of nitrogens with zero attached hydrogens (tertiary/aromatic N) is 3. The molecule has 150 valence electrons. The summed E-state index contributed by atoms with van der Waals surface area (Å²) >= 11 is 0. The van der Waals surface area contributed by atoms with Crippen LogP contribution in [0.1, 0.15) is 43.6 Å². The van der Waals surface area contributed by atoms with Gasteiger partial charge in [0.1, 0.15) is 6.10 Å². The number of halogens is 1. The molecule has 1 fully saturated rings. The summed E-state index contributed by atoms with van der Waals surface area (Å²) in [6.07, 6.45) is 2.45. The number of carbonyl (C=O) groups excluding carboxylic acids is 1. The molecule has 1 aliphatic rings. The van der Waals surface area contributed by atoms with Crippen LogP contribution in [0.25, 0.3) is 0 Å². The number of rotatable bonds is 7. The first-order valence-electron chi connectivity index (χ1n) is 9.81. The number of amides is 1. The summed E-state index contributed by atoms with van der Waals surface area (Å²) in [6, 6.07) is 10.00. The fourth-order valence-corrected chi connectivity index (χ4v) is 3.10. The lowest BCUT2D eigenvalue weighted by Gasteiger charge is -2.32. The monoisotopic (exact) mass is 386 g/mol. The molecule has 1 aromatic heterocycles. The average molecular weight is 386 g/mol. The van der Waals surface area contributed by atoms with Crippen molar-refractivity contribution < 1.29 is 13.9 Å². The molecule has 1 N–H and O–H groups in total. The number of ether oxygens (including phenoxy) is 1. The second-order valence-electron chi connectivity index (χ2n) is 7.45. The van der Waals surface area contributed by atoms with Crippen molar-refractivity contribution in [3.8, 4) is 5.75 Å². The first-order valence-corrected chi connectivity index (χ1v) is 9.81. The van der Waals surface area contributed by atoms with E-state index in [9.17, 15) is 9.18 Å². The van der Waals surface area contributed by atoms with E-state index in [4.69, 9.17) is 4.74 Å². The molecule has 0 unspecified atom stereocenters. The normalized spacial score (nSPS) is 14.9. The van der Waals surface area contributed by atoms with E-state index in [1.165, 1.54) is 6.07 Å². The summed E-state index contributed by atoms with van der Waals surface area (Å²) in [5, 5.41) is 11.1. The Hall–Kier alpha value is -2.70. The number of nitrogens with one attached hydrogen (secondary N) is 1. The van der Waals surface area contributed by atoms with Gasteiger partial charge in [0.2, 0.25) is 0 Å². The summed E-state index contributed by atoms with van der Waals surface area (Å²) in [5.41, 5.74) is 0.324. The topological polar surface area (TPSA) is 67.4 Å². The van der Waals surface area contributed by atoms with E-state index in [-0.39, 0.29) is 17.8 Å². The van der Waals surface area contributed by atoms with Crippen LogP contribution in [0.15, 0.2) is 36.4 Å². The molecule has 1 aromatic carbocycles. The van der Waals surface area contributed by atoms with Crippen LogP contribution in [0.3, 0.4) is 0 Å². The quantitative estimate of drug-likeness (QED) is 0.790. The first-order chi connectivity index (χ1) is 13.5. The van der Waals surface area contributed by atoms with Crippen LogP contribution >= 0.6 is 0 Å². The smallest absolute Gasteiger partial charge is 0.271 e. The molecule has 0 atom stereocenters. The fraction of sp³-hybridized carbons (Fsp3) is 0.476. The number of piperidine rings is 1. The van der Waals surface area contributed by atoms with Crippen molar-refractivity contribution in [3.63, 3.8) is 0 Å². The van der Waals surface area contributed by atoms with E-state index in [1.807, 2.05) is 6.07 Å². The molecule has 1 aliphatic heterocycles. The fourth-order valence-electron chi connectivity index (χ4n) is 3.10. The van der Waals surface area contributed by atoms with Gasteiger partial charge in [-0.25, -0.2) is 4.39 Å². The molecule has 7 heteroatoms. The highest BCUT2D eigenvalue weighted by Gasteiger charge is 2.23. The third-order valence-corrected chi connectivity index (χ3v) is 4.79. The number of anilines is 1. The zero-order valence-electron chi connectivity index (χ0n) is 16.4. The van der Waals surface area contributed by atoms with Crippen LogP contribution < -0.4 is 15.0 Å². The van der Waals surface area contributed by atoms with Crippen molar-refractivity contribution in [2.75, 3.05) is 24.5 Å². The van der Waals surface area contributed by atoms with Gasteiger partial charge < -0.3 is 15.0 Å². The van der Waals surface area contributed by atoms with E-state index < -0.39 is 0 Å². The molecular weight excluding hydrogens is 359 g/mol. The zero-order valence-corrected chi connectivity index (χ0v) is 16.4. The second-order valence-corrected chi connectivity index (χ2v) is 7.45. The van der Waals surface area contributed by atoms with E-state index >= 15 is 0 Å². The maximum absolute atomic E-state index is 13.7. The maximum atomic E-state index is 13.7. The number of hydrogen-bond donors (Lipinski definition) is 1. The molecular formula is C21H27FN4O2. The Morgan fingerprint density at radius 2 is 1.96 bits per heavy atom. The van der Waals surface area contributed by atoms with Crippen LogP contribution in [0.4, 0.5) is 10.2 Å². The van der Waals surface area contributed by atoms with Crippen molar-refractivity contribution in [2.24, 2.45) is 5.92 Å². The Bertz CT molecular complexity index is 774. The van der Waals surface area contributed by atoms with Gasteiger partial charge in [0.05, 0.1) is 0 Å². The van der Waals surface area contributed by atoms with Gasteiger partial charge in [0.15, 0.2) is 23.1 Å². The van der Waals surface area contributed by atoms with Crippen LogP contribution in [-0.4, -0.2) is 41.8 Å². The van der Waals surface area contributed by atoms with Crippen LogP contribution in [-0.2, 0) is 0 Å². The molecule has 0 saturated carbocycles. The van der Waals surface area contributed by atoms with E-state index in [0.29, 0.717) is 23.9 Å². The lowest BCUT2D eigenvalue weighted by atomic mass is 10.1. The highest BCUT2D eigenvalue weighted by molar-refractivity contribution is 5.92. The summed E-state index contributed by atoms with van der Waals surface area (Å²) in [7, 11) is 0. The summed E-state index contributed by atoms with van der Waals surface area (Å²) in [6.45, 7) is 6.35. The van der Waals surface area contributed by atoms with Gasteiger partial charge in [0.25, 0.3) is 5.91 Å². The van der Waals surface area contributed by atoms with Gasteiger partial charge >= 0.3 is 0 Å². The van der Waals surface area contributed by atoms with Crippen molar-refractivity contribution in [1.82, 2.24) is 15.5 Å². The van der Waals surface area contributed by atoms with Crippen molar-refractivity contribution in [3.05, 3.63) is 47.9 Å². The van der Waals surface area contributed by atoms with Crippen LogP contribution in [0, 0.1) is 11.7 Å². The Morgan fingerprint density at radius 1 is 1.21 bits per heavy atom. The molecule has 0 bridgehead atoms. The van der Waals surface area contributed by atoms with Gasteiger partial charge in [-0.1, -0.05) is 26.0 Å². The molecule has 2 aromatic rings. The van der Waals surface area contributed by atoms with Gasteiger partial charge in [-0.2, -0.15) is 0 Å². The van der Waals surface area contributed by atoms with Gasteiger partial charge in [-0.05, 0) is 36.6 Å². The third-order valence-electron chi connectivity index (χ3n) is 4.79. The Balaban J connectivity index is 1.49. The van der Waals surface area contributed by atoms with E-state index in [2.05, 4.69) is 34.3 Å². The van der Waals surface area contributed by atoms with Crippen molar-refractivity contribution >= 4 is 11.7 Å². The SMILES string of the molecule is CC(C)CCNC(=O)c1ccc(N2CCC(Oc3ccccc3F)CC2)nn1. The number of benzene rings is 1. The third kappa shape index (κ3) is 5.41. The number of para-hydroxylation sites is 1. The van der Waals surface area contributed by atoms with Gasteiger partial charge in [0, 0.05) is 32.5 Å². The molecule has 3 rings (SSSR count). The predicted molar refractivity (Wildman–Crippen MR) is 106 cm³/mol. The zero-order chi connectivity index (χ0) is 19.9. The molecule has 2 heterocycles. The standard InChI is InChI=1S/C21H27FN4O2/c1-15(2)9-12-23-21(27)18-7-8-20(25-24-18)26-13-10-16(11-14-26)28-19-6-4-3-5-17(19)22/h3-8,15-16H,9-14H2,1-2H3,(H,23,27). The molecule has 6 nitrogen and oxygen atoms in total. The Labute approximate surface area is 165 Å². The van der Waals surface area contributed by atoms with Crippen molar-refractivity contribution in [1.29, 1.82) is 0 Å². The molecule has 1 saturated heterocycles. The summed E-state index contributed by atoms with van der Waals surface area (Å²) < 4.78 is 19.5. The maximum Gasteiger partial charge on any atom is 0.271 e. The number of hydrogen-bond acceptors (Lipinski definition) is 5. The molecule has 0 aliphatic carbocycles. The highest BCUT2D eigenvalue weighted by atomic mass is 19.1. The van der Waals surface area contributed by atoms with E-state index in [1.54, 1.807) is 24.3 Å².